The van der Waals surface area contributed by atoms with E-state index < -0.39 is 17.3 Å². The van der Waals surface area contributed by atoms with Gasteiger partial charge in [0.25, 0.3) is 5.91 Å². The maximum Gasteiger partial charge on any atom is 0.307 e. The fraction of sp³-hybridized carbons (Fsp3) is 0.475. The number of aliphatic carboxylic acids is 1. The number of hydrogen-bond donors (Lipinski definition) is 2. The highest BCUT2D eigenvalue weighted by Crippen LogP contribution is 2.42. The minimum Gasteiger partial charge on any atom is -0.493 e. The van der Waals surface area contributed by atoms with Crippen molar-refractivity contribution in [3.8, 4) is 17.2 Å². The maximum atomic E-state index is 14.1. The van der Waals surface area contributed by atoms with Crippen molar-refractivity contribution in [1.82, 2.24) is 20.2 Å². The van der Waals surface area contributed by atoms with Crippen LogP contribution in [0, 0.1) is 5.92 Å². The average molecular weight is 699 g/mol. The molecule has 2 unspecified atom stereocenters. The zero-order valence-electron chi connectivity index (χ0n) is 29.9. The number of benzene rings is 3. The molecule has 51 heavy (non-hydrogen) atoms. The number of methoxy groups -OCH3 is 3. The summed E-state index contributed by atoms with van der Waals surface area (Å²) in [5.74, 6) is -0.0912. The van der Waals surface area contributed by atoms with E-state index in [0.29, 0.717) is 68.3 Å². The highest BCUT2D eigenvalue weighted by molar-refractivity contribution is 5.96. The zero-order valence-corrected chi connectivity index (χ0v) is 29.9. The van der Waals surface area contributed by atoms with Gasteiger partial charge in [0, 0.05) is 37.2 Å². The third-order valence-electron chi connectivity index (χ3n) is 11.3. The van der Waals surface area contributed by atoms with Gasteiger partial charge in [-0.05, 0) is 81.4 Å². The number of ether oxygens (including phenoxy) is 3. The molecule has 3 fully saturated rings. The number of nitrogens with zero attached hydrogens (tertiary/aromatic N) is 3. The molecule has 3 aliphatic rings. The van der Waals surface area contributed by atoms with E-state index in [9.17, 15) is 19.5 Å². The van der Waals surface area contributed by atoms with Crippen molar-refractivity contribution in [1.29, 1.82) is 0 Å². The Morgan fingerprint density at radius 3 is 2.04 bits per heavy atom. The van der Waals surface area contributed by atoms with Crippen LogP contribution in [-0.2, 0) is 20.4 Å². The first-order chi connectivity index (χ1) is 24.7. The second kappa shape index (κ2) is 15.7. The van der Waals surface area contributed by atoms with Gasteiger partial charge in [0.15, 0.2) is 11.5 Å². The second-order valence-corrected chi connectivity index (χ2v) is 14.1. The molecule has 3 aliphatic heterocycles. The molecule has 0 aromatic heterocycles. The van der Waals surface area contributed by atoms with E-state index in [1.807, 2.05) is 41.3 Å². The fourth-order valence-electron chi connectivity index (χ4n) is 8.27. The standard InChI is InChI=1S/C40H50N4O7/c1-49-33-25-30(26-34(50-2)35(33)51-3)36(45)43-24-17-39(28-43,31-12-6-4-7-13-31)16-21-42-22-18-40(19-23-42,32-14-8-5-9-15-32)38(48)41-44-20-10-11-29(27-44)37(46)47/h4-9,12-15,25-26,29H,10-11,16-24,27-28H2,1-3H3,(H,41,48)(H,46,47). The van der Waals surface area contributed by atoms with Crippen molar-refractivity contribution in [2.75, 3.05) is 67.1 Å². The molecule has 0 saturated carbocycles. The molecule has 0 radical (unpaired) electrons. The summed E-state index contributed by atoms with van der Waals surface area (Å²) in [6, 6.07) is 23.9. The molecule has 3 heterocycles. The molecular weight excluding hydrogens is 648 g/mol. The topological polar surface area (TPSA) is 121 Å². The number of carboxylic acid groups (broad SMARTS) is 1. The first-order valence-electron chi connectivity index (χ1n) is 17.9. The smallest absolute Gasteiger partial charge is 0.307 e. The number of carbonyl (C=O) groups excluding carboxylic acids is 2. The SMILES string of the molecule is COc1cc(C(=O)N2CCC(CCN3CCC(C(=O)NN4CCCC(C(=O)O)C4)(c4ccccc4)CC3)(c3ccccc3)C2)cc(OC)c1OC. The Morgan fingerprint density at radius 1 is 0.824 bits per heavy atom. The van der Waals surface area contributed by atoms with Crippen molar-refractivity contribution in [2.45, 2.75) is 49.4 Å². The van der Waals surface area contributed by atoms with Crippen LogP contribution in [0.2, 0.25) is 0 Å². The molecule has 11 heteroatoms. The van der Waals surface area contributed by atoms with Gasteiger partial charge in [-0.2, -0.15) is 0 Å². The summed E-state index contributed by atoms with van der Waals surface area (Å²) in [6.07, 6.45) is 4.38. The van der Waals surface area contributed by atoms with Crippen LogP contribution in [0.25, 0.3) is 0 Å². The molecule has 3 aromatic rings. The van der Waals surface area contributed by atoms with Gasteiger partial charge in [-0.1, -0.05) is 60.7 Å². The predicted octanol–water partition coefficient (Wildman–Crippen LogP) is 4.75. The van der Waals surface area contributed by atoms with Crippen LogP contribution in [0.4, 0.5) is 0 Å². The Morgan fingerprint density at radius 2 is 1.45 bits per heavy atom. The van der Waals surface area contributed by atoms with Crippen LogP contribution >= 0.6 is 0 Å². The van der Waals surface area contributed by atoms with Gasteiger partial charge in [0.05, 0.1) is 32.7 Å². The van der Waals surface area contributed by atoms with E-state index in [2.05, 4.69) is 34.6 Å². The van der Waals surface area contributed by atoms with Crippen LogP contribution in [0.1, 0.15) is 60.0 Å². The van der Waals surface area contributed by atoms with Gasteiger partial charge >= 0.3 is 5.97 Å². The Hall–Kier alpha value is -4.61. The molecule has 0 bridgehead atoms. The lowest BCUT2D eigenvalue weighted by molar-refractivity contribution is -0.146. The van der Waals surface area contributed by atoms with E-state index in [1.54, 1.807) is 38.5 Å². The molecule has 11 nitrogen and oxygen atoms in total. The Labute approximate surface area is 300 Å². The molecule has 3 aromatic carbocycles. The van der Waals surface area contributed by atoms with E-state index in [0.717, 1.165) is 44.5 Å². The zero-order chi connectivity index (χ0) is 36.0. The molecule has 2 amide bonds. The molecule has 0 aliphatic carbocycles. The summed E-state index contributed by atoms with van der Waals surface area (Å²) in [6.45, 7) is 4.51. The quantitative estimate of drug-likeness (QED) is 0.276. The van der Waals surface area contributed by atoms with Gasteiger partial charge in [-0.25, -0.2) is 5.01 Å². The Bertz CT molecular complexity index is 1650. The fourth-order valence-corrected chi connectivity index (χ4v) is 8.27. The number of rotatable bonds is 12. The highest BCUT2D eigenvalue weighted by Gasteiger charge is 2.46. The molecule has 3 saturated heterocycles. The van der Waals surface area contributed by atoms with Crippen molar-refractivity contribution in [2.24, 2.45) is 5.92 Å². The summed E-state index contributed by atoms with van der Waals surface area (Å²) in [5.41, 5.74) is 4.91. The molecule has 272 valence electrons. The third-order valence-corrected chi connectivity index (χ3v) is 11.3. The minimum atomic E-state index is -0.816. The number of hydrogen-bond acceptors (Lipinski definition) is 8. The van der Waals surface area contributed by atoms with Gasteiger partial charge in [0.1, 0.15) is 0 Å². The molecule has 0 spiro atoms. The summed E-state index contributed by atoms with van der Waals surface area (Å²) in [4.78, 5) is 44.2. The monoisotopic (exact) mass is 698 g/mol. The minimum absolute atomic E-state index is 0.0584. The lowest BCUT2D eigenvalue weighted by atomic mass is 9.71. The van der Waals surface area contributed by atoms with Crippen LogP contribution in [0.3, 0.4) is 0 Å². The first kappa shape index (κ1) is 36.2. The molecule has 6 rings (SSSR count). The van der Waals surface area contributed by atoms with Crippen LogP contribution in [-0.4, -0.2) is 105 Å². The largest absolute Gasteiger partial charge is 0.493 e. The number of nitrogens with one attached hydrogen (secondary N) is 1. The number of amides is 2. The molecule has 2 atom stereocenters. The molecule has 2 N–H and O–H groups in total. The van der Waals surface area contributed by atoms with Gasteiger partial charge in [-0.3, -0.25) is 19.8 Å². The summed E-state index contributed by atoms with van der Waals surface area (Å²) in [5, 5.41) is 11.4. The van der Waals surface area contributed by atoms with Crippen molar-refractivity contribution < 1.29 is 33.7 Å². The summed E-state index contributed by atoms with van der Waals surface area (Å²) in [7, 11) is 4.64. The van der Waals surface area contributed by atoms with E-state index in [1.165, 1.54) is 5.56 Å². The lowest BCUT2D eigenvalue weighted by Gasteiger charge is -2.43. The van der Waals surface area contributed by atoms with Crippen molar-refractivity contribution in [3.05, 3.63) is 89.5 Å². The van der Waals surface area contributed by atoms with Crippen molar-refractivity contribution in [3.63, 3.8) is 0 Å². The van der Waals surface area contributed by atoms with Gasteiger partial charge in [-0.15, -0.1) is 0 Å². The number of likely N-dealkylation sites (tertiary alicyclic amines) is 2. The maximum absolute atomic E-state index is 14.1. The number of carboxylic acids is 1. The number of piperidine rings is 2. The van der Waals surface area contributed by atoms with Crippen LogP contribution < -0.4 is 19.6 Å². The van der Waals surface area contributed by atoms with Crippen LogP contribution in [0.5, 0.6) is 17.2 Å². The average Bonchev–Trinajstić information content (AvgIpc) is 3.62. The van der Waals surface area contributed by atoms with Gasteiger partial charge in [0.2, 0.25) is 11.7 Å². The Kier molecular flexibility index (Phi) is 11.2. The predicted molar refractivity (Wildman–Crippen MR) is 193 cm³/mol. The summed E-state index contributed by atoms with van der Waals surface area (Å²) < 4.78 is 16.5. The normalized spacial score (nSPS) is 22.3. The van der Waals surface area contributed by atoms with Crippen LogP contribution in [0.15, 0.2) is 72.8 Å². The lowest BCUT2D eigenvalue weighted by Crippen LogP contribution is -2.57. The van der Waals surface area contributed by atoms with E-state index in [-0.39, 0.29) is 17.2 Å². The summed E-state index contributed by atoms with van der Waals surface area (Å²) >= 11 is 0. The number of carbonyl (C=O) groups is 3. The Balaban J connectivity index is 1.16. The van der Waals surface area contributed by atoms with Crippen molar-refractivity contribution >= 4 is 17.8 Å². The third kappa shape index (κ3) is 7.55. The first-order valence-corrected chi connectivity index (χ1v) is 17.9. The second-order valence-electron chi connectivity index (χ2n) is 14.1. The van der Waals surface area contributed by atoms with E-state index >= 15 is 0 Å². The van der Waals surface area contributed by atoms with E-state index in [4.69, 9.17) is 14.2 Å². The number of hydrazine groups is 1. The molecular formula is C40H50N4O7. The highest BCUT2D eigenvalue weighted by atomic mass is 16.5. The van der Waals surface area contributed by atoms with Gasteiger partial charge < -0.3 is 29.1 Å².